The van der Waals surface area contributed by atoms with E-state index < -0.39 is 0 Å². The molecule has 0 spiro atoms. The van der Waals surface area contributed by atoms with Crippen molar-refractivity contribution >= 4 is 21.8 Å². The Balaban J connectivity index is 1.84. The summed E-state index contributed by atoms with van der Waals surface area (Å²) in [6, 6.07) is 8.37. The lowest BCUT2D eigenvalue weighted by molar-refractivity contribution is -0.127. The molecule has 1 amide bonds. The van der Waals surface area contributed by atoms with E-state index in [4.69, 9.17) is 5.73 Å². The number of nitrogens with one attached hydrogen (secondary N) is 1. The van der Waals surface area contributed by atoms with Crippen molar-refractivity contribution in [2.24, 2.45) is 11.7 Å². The molecule has 0 aliphatic heterocycles. The van der Waals surface area contributed by atoms with Gasteiger partial charge in [-0.05, 0) is 49.3 Å². The van der Waals surface area contributed by atoms with Crippen molar-refractivity contribution in [1.82, 2.24) is 5.32 Å². The number of hydrogen-bond acceptors (Lipinski definition) is 2. The highest BCUT2D eigenvalue weighted by Gasteiger charge is 2.44. The molecule has 1 atom stereocenters. The second-order valence-electron chi connectivity index (χ2n) is 6.45. The number of hydrogen-bond donors (Lipinski definition) is 2. The molecule has 0 aromatic heterocycles. The average Bonchev–Trinajstić information content (AvgIpc) is 3.20. The zero-order chi connectivity index (χ0) is 14.9. The van der Waals surface area contributed by atoms with Gasteiger partial charge in [0.05, 0.1) is 5.41 Å². The molecule has 1 aromatic rings. The second-order valence-corrected chi connectivity index (χ2v) is 7.37. The highest BCUT2D eigenvalue weighted by Crippen LogP contribution is 2.42. The minimum atomic E-state index is -0.355. The lowest BCUT2D eigenvalue weighted by Gasteiger charge is -2.31. The quantitative estimate of drug-likeness (QED) is 0.856. The average molecular weight is 351 g/mol. The number of rotatable bonds is 5. The third-order valence-corrected chi connectivity index (χ3v) is 5.52. The predicted octanol–water partition coefficient (Wildman–Crippen LogP) is 3.11. The van der Waals surface area contributed by atoms with Crippen molar-refractivity contribution in [2.75, 3.05) is 6.54 Å². The molecule has 0 saturated heterocycles. The summed E-state index contributed by atoms with van der Waals surface area (Å²) in [5, 5.41) is 3.25. The fourth-order valence-electron chi connectivity index (χ4n) is 3.59. The van der Waals surface area contributed by atoms with Gasteiger partial charge in [-0.3, -0.25) is 4.79 Å². The molecule has 0 radical (unpaired) electrons. The van der Waals surface area contributed by atoms with E-state index in [2.05, 4.69) is 33.4 Å². The third-order valence-electron chi connectivity index (χ3n) is 5.03. The number of carbonyl (C=O) groups is 1. The Hall–Kier alpha value is -0.870. The van der Waals surface area contributed by atoms with Crippen LogP contribution in [-0.4, -0.2) is 18.5 Å². The minimum Gasteiger partial charge on any atom is -0.351 e. The molecule has 3 rings (SSSR count). The van der Waals surface area contributed by atoms with E-state index in [-0.39, 0.29) is 17.4 Å². The van der Waals surface area contributed by atoms with Gasteiger partial charge in [-0.1, -0.05) is 40.9 Å². The molecule has 2 saturated carbocycles. The molecule has 0 bridgehead atoms. The summed E-state index contributed by atoms with van der Waals surface area (Å²) in [5.41, 5.74) is 6.63. The highest BCUT2D eigenvalue weighted by atomic mass is 79.9. The van der Waals surface area contributed by atoms with E-state index in [1.54, 1.807) is 0 Å². The van der Waals surface area contributed by atoms with Gasteiger partial charge in [0, 0.05) is 17.1 Å². The zero-order valence-corrected chi connectivity index (χ0v) is 13.9. The van der Waals surface area contributed by atoms with Gasteiger partial charge in [0.2, 0.25) is 5.91 Å². The molecular weight excluding hydrogens is 328 g/mol. The van der Waals surface area contributed by atoms with Crippen LogP contribution in [0.3, 0.4) is 0 Å². The number of halogens is 1. The molecule has 3 nitrogen and oxygen atoms in total. The van der Waals surface area contributed by atoms with Crippen LogP contribution in [0.5, 0.6) is 0 Å². The summed E-state index contributed by atoms with van der Waals surface area (Å²) in [5.74, 6) is 0.778. The van der Waals surface area contributed by atoms with Crippen molar-refractivity contribution in [1.29, 1.82) is 0 Å². The van der Waals surface area contributed by atoms with E-state index in [0.29, 0.717) is 12.5 Å². The molecule has 2 fully saturated rings. The molecule has 1 aromatic carbocycles. The topological polar surface area (TPSA) is 55.1 Å². The monoisotopic (exact) mass is 350 g/mol. The van der Waals surface area contributed by atoms with Gasteiger partial charge < -0.3 is 11.1 Å². The van der Waals surface area contributed by atoms with Crippen LogP contribution in [0.1, 0.15) is 44.1 Å². The molecule has 114 valence electrons. The predicted molar refractivity (Wildman–Crippen MR) is 88.0 cm³/mol. The van der Waals surface area contributed by atoms with Gasteiger partial charge in [-0.15, -0.1) is 0 Å². The first-order valence-electron chi connectivity index (χ1n) is 7.93. The largest absolute Gasteiger partial charge is 0.351 e. The van der Waals surface area contributed by atoms with Crippen molar-refractivity contribution in [3.63, 3.8) is 0 Å². The highest BCUT2D eigenvalue weighted by molar-refractivity contribution is 9.10. The first kappa shape index (κ1) is 15.0. The van der Waals surface area contributed by atoms with Gasteiger partial charge >= 0.3 is 0 Å². The van der Waals surface area contributed by atoms with Crippen LogP contribution in [0, 0.1) is 5.92 Å². The van der Waals surface area contributed by atoms with Crippen LogP contribution in [-0.2, 0) is 10.2 Å². The first-order chi connectivity index (χ1) is 10.2. The van der Waals surface area contributed by atoms with Gasteiger partial charge in [0.15, 0.2) is 0 Å². The van der Waals surface area contributed by atoms with E-state index in [1.807, 2.05) is 12.1 Å². The number of carbonyl (C=O) groups excluding carboxylic acids is 1. The molecule has 2 aliphatic rings. The van der Waals surface area contributed by atoms with Crippen LogP contribution in [0.4, 0.5) is 0 Å². The van der Waals surface area contributed by atoms with E-state index >= 15 is 0 Å². The molecule has 4 heteroatoms. The molecule has 0 heterocycles. The van der Waals surface area contributed by atoms with Gasteiger partial charge in [0.1, 0.15) is 0 Å². The van der Waals surface area contributed by atoms with Crippen molar-refractivity contribution in [2.45, 2.75) is 50.0 Å². The fourth-order valence-corrected chi connectivity index (χ4v) is 3.99. The van der Waals surface area contributed by atoms with Crippen molar-refractivity contribution < 1.29 is 4.79 Å². The van der Waals surface area contributed by atoms with Gasteiger partial charge in [-0.25, -0.2) is 0 Å². The Bertz CT molecular complexity index is 521. The SMILES string of the molecule is NCC(NC(=O)C1(c2cccc(Br)c2)CCCC1)C1CC1. The smallest absolute Gasteiger partial charge is 0.230 e. The minimum absolute atomic E-state index is 0.155. The summed E-state index contributed by atoms with van der Waals surface area (Å²) in [4.78, 5) is 13.0. The summed E-state index contributed by atoms with van der Waals surface area (Å²) in [7, 11) is 0. The van der Waals surface area contributed by atoms with Crippen molar-refractivity contribution in [3.05, 3.63) is 34.3 Å². The van der Waals surface area contributed by atoms with Crippen LogP contribution >= 0.6 is 15.9 Å². The Morgan fingerprint density at radius 2 is 2.10 bits per heavy atom. The lowest BCUT2D eigenvalue weighted by atomic mass is 9.77. The Morgan fingerprint density at radius 3 is 2.67 bits per heavy atom. The van der Waals surface area contributed by atoms with Crippen molar-refractivity contribution in [3.8, 4) is 0 Å². The molecule has 1 unspecified atom stereocenters. The number of benzene rings is 1. The van der Waals surface area contributed by atoms with Crippen LogP contribution in [0.25, 0.3) is 0 Å². The Labute approximate surface area is 134 Å². The molecule has 21 heavy (non-hydrogen) atoms. The van der Waals surface area contributed by atoms with Crippen LogP contribution in [0.2, 0.25) is 0 Å². The second kappa shape index (κ2) is 6.09. The van der Waals surface area contributed by atoms with Crippen LogP contribution in [0.15, 0.2) is 28.7 Å². The molecule has 2 aliphatic carbocycles. The maximum absolute atomic E-state index is 13.0. The summed E-state index contributed by atoms with van der Waals surface area (Å²) >= 11 is 3.53. The van der Waals surface area contributed by atoms with Crippen LogP contribution < -0.4 is 11.1 Å². The maximum Gasteiger partial charge on any atom is 0.230 e. The summed E-state index contributed by atoms with van der Waals surface area (Å²) in [6.45, 7) is 0.547. The lowest BCUT2D eigenvalue weighted by Crippen LogP contribution is -2.50. The Morgan fingerprint density at radius 1 is 1.38 bits per heavy atom. The maximum atomic E-state index is 13.0. The van der Waals surface area contributed by atoms with Gasteiger partial charge in [-0.2, -0.15) is 0 Å². The fraction of sp³-hybridized carbons (Fsp3) is 0.588. The van der Waals surface area contributed by atoms with E-state index in [0.717, 1.165) is 35.7 Å². The third kappa shape index (κ3) is 3.02. The zero-order valence-electron chi connectivity index (χ0n) is 12.3. The molecular formula is C17H23BrN2O. The summed E-state index contributed by atoms with van der Waals surface area (Å²) < 4.78 is 1.04. The number of amides is 1. The molecule has 3 N–H and O–H groups in total. The number of nitrogens with two attached hydrogens (primary N) is 1. The first-order valence-corrected chi connectivity index (χ1v) is 8.72. The standard InChI is InChI=1S/C17H23BrN2O/c18-14-5-3-4-13(10-14)17(8-1-2-9-17)16(21)20-15(11-19)12-6-7-12/h3-5,10,12,15H,1-2,6-9,11,19H2,(H,20,21). The van der Waals surface area contributed by atoms with E-state index in [9.17, 15) is 4.79 Å². The normalized spacial score (nSPS) is 22.0. The summed E-state index contributed by atoms with van der Waals surface area (Å²) in [6.07, 6.45) is 6.53. The Kier molecular flexibility index (Phi) is 4.36. The van der Waals surface area contributed by atoms with Gasteiger partial charge in [0.25, 0.3) is 0 Å². The van der Waals surface area contributed by atoms with E-state index in [1.165, 1.54) is 12.8 Å².